The first-order valence-corrected chi connectivity index (χ1v) is 8.37. The number of carbonyl (C=O) groups is 1. The largest absolute Gasteiger partial charge is 0.397 e. The van der Waals surface area contributed by atoms with Gasteiger partial charge in [-0.3, -0.25) is 4.79 Å². The maximum atomic E-state index is 13.0. The van der Waals surface area contributed by atoms with Gasteiger partial charge in [0.15, 0.2) is 0 Å². The Hall–Kier alpha value is -1.75. The van der Waals surface area contributed by atoms with Crippen molar-refractivity contribution in [3.05, 3.63) is 39.8 Å². The topological polar surface area (TPSA) is 51.3 Å². The molecule has 0 aromatic carbocycles. The summed E-state index contributed by atoms with van der Waals surface area (Å²) in [6.07, 6.45) is 5.18. The van der Waals surface area contributed by atoms with E-state index in [9.17, 15) is 4.79 Å². The summed E-state index contributed by atoms with van der Waals surface area (Å²) < 4.78 is 2.08. The van der Waals surface area contributed by atoms with Gasteiger partial charge in [-0.1, -0.05) is 0 Å². The number of anilines is 1. The van der Waals surface area contributed by atoms with Crippen molar-refractivity contribution in [2.24, 2.45) is 0 Å². The van der Waals surface area contributed by atoms with E-state index in [0.29, 0.717) is 11.7 Å². The van der Waals surface area contributed by atoms with Crippen LogP contribution in [0.25, 0.3) is 0 Å². The summed E-state index contributed by atoms with van der Waals surface area (Å²) in [5.41, 5.74) is 8.66. The third kappa shape index (κ3) is 2.07. The van der Waals surface area contributed by atoms with E-state index in [4.69, 9.17) is 5.73 Å². The van der Waals surface area contributed by atoms with Gasteiger partial charge in [-0.15, -0.1) is 11.3 Å². The van der Waals surface area contributed by atoms with Crippen molar-refractivity contribution in [2.75, 3.05) is 12.3 Å². The van der Waals surface area contributed by atoms with Gasteiger partial charge in [0.25, 0.3) is 5.91 Å². The van der Waals surface area contributed by atoms with Crippen molar-refractivity contribution >= 4 is 22.9 Å². The molecule has 1 atom stereocenters. The Kier molecular flexibility index (Phi) is 2.85. The second-order valence-corrected chi connectivity index (χ2v) is 7.02. The Labute approximate surface area is 128 Å². The molecular weight excluding hydrogens is 282 g/mol. The third-order valence-electron chi connectivity index (χ3n) is 4.57. The lowest BCUT2D eigenvalue weighted by atomic mass is 10.0. The molecule has 4 nitrogen and oxygen atoms in total. The van der Waals surface area contributed by atoms with E-state index in [1.165, 1.54) is 10.4 Å². The average Bonchev–Trinajstić information content (AvgIpc) is 3.06. The van der Waals surface area contributed by atoms with Gasteiger partial charge in [0.1, 0.15) is 5.69 Å². The van der Waals surface area contributed by atoms with E-state index in [0.717, 1.165) is 31.5 Å². The SMILES string of the molecule is CC1c2ccsc2CCN1C(=O)c1cc(N)cn1C1CC1. The summed E-state index contributed by atoms with van der Waals surface area (Å²) in [4.78, 5) is 16.4. The molecule has 3 heterocycles. The van der Waals surface area contributed by atoms with Gasteiger partial charge >= 0.3 is 0 Å². The molecule has 2 aromatic heterocycles. The number of nitrogen functional groups attached to an aromatic ring is 1. The number of hydrogen-bond donors (Lipinski definition) is 1. The quantitative estimate of drug-likeness (QED) is 0.926. The van der Waals surface area contributed by atoms with Gasteiger partial charge in [0, 0.05) is 23.7 Å². The van der Waals surface area contributed by atoms with E-state index < -0.39 is 0 Å². The fraction of sp³-hybridized carbons (Fsp3) is 0.438. The monoisotopic (exact) mass is 301 g/mol. The van der Waals surface area contributed by atoms with Crippen LogP contribution in [0.5, 0.6) is 0 Å². The van der Waals surface area contributed by atoms with Crippen LogP contribution in [-0.2, 0) is 6.42 Å². The fourth-order valence-corrected chi connectivity index (χ4v) is 4.22. The van der Waals surface area contributed by atoms with Crippen LogP contribution in [0.2, 0.25) is 0 Å². The molecule has 4 rings (SSSR count). The zero-order chi connectivity index (χ0) is 14.6. The maximum Gasteiger partial charge on any atom is 0.271 e. The summed E-state index contributed by atoms with van der Waals surface area (Å²) in [6.45, 7) is 2.92. The minimum Gasteiger partial charge on any atom is -0.397 e. The molecule has 21 heavy (non-hydrogen) atoms. The normalized spacial score (nSPS) is 21.4. The van der Waals surface area contributed by atoms with E-state index in [1.54, 1.807) is 11.3 Å². The molecule has 1 saturated carbocycles. The van der Waals surface area contributed by atoms with Crippen molar-refractivity contribution < 1.29 is 4.79 Å². The van der Waals surface area contributed by atoms with Gasteiger partial charge in [0.05, 0.1) is 11.7 Å². The molecule has 110 valence electrons. The first kappa shape index (κ1) is 13.0. The molecule has 1 aliphatic heterocycles. The number of fused-ring (bicyclic) bond motifs is 1. The van der Waals surface area contributed by atoms with Gasteiger partial charge in [-0.05, 0) is 49.3 Å². The van der Waals surface area contributed by atoms with E-state index in [1.807, 2.05) is 17.2 Å². The lowest BCUT2D eigenvalue weighted by molar-refractivity contribution is 0.0668. The van der Waals surface area contributed by atoms with Crippen LogP contribution >= 0.6 is 11.3 Å². The summed E-state index contributed by atoms with van der Waals surface area (Å²) in [5, 5.41) is 2.13. The van der Waals surface area contributed by atoms with Crippen molar-refractivity contribution in [3.63, 3.8) is 0 Å². The number of carbonyl (C=O) groups excluding carboxylic acids is 1. The second-order valence-electron chi connectivity index (χ2n) is 6.02. The van der Waals surface area contributed by atoms with Crippen LogP contribution in [-0.4, -0.2) is 21.9 Å². The second kappa shape index (κ2) is 4.63. The van der Waals surface area contributed by atoms with Crippen molar-refractivity contribution in [1.29, 1.82) is 0 Å². The molecule has 1 fully saturated rings. The predicted molar refractivity (Wildman–Crippen MR) is 84.6 cm³/mol. The molecule has 2 N–H and O–H groups in total. The minimum atomic E-state index is 0.114. The average molecular weight is 301 g/mol. The highest BCUT2D eigenvalue weighted by atomic mass is 32.1. The third-order valence-corrected chi connectivity index (χ3v) is 5.56. The lowest BCUT2D eigenvalue weighted by Crippen LogP contribution is -2.39. The minimum absolute atomic E-state index is 0.114. The van der Waals surface area contributed by atoms with Crippen molar-refractivity contribution in [3.8, 4) is 0 Å². The highest BCUT2D eigenvalue weighted by Gasteiger charge is 2.33. The Balaban J connectivity index is 1.66. The molecule has 1 aliphatic carbocycles. The van der Waals surface area contributed by atoms with Crippen LogP contribution in [0.4, 0.5) is 5.69 Å². The van der Waals surface area contributed by atoms with Crippen LogP contribution < -0.4 is 5.73 Å². The predicted octanol–water partition coefficient (Wildman–Crippen LogP) is 3.23. The van der Waals surface area contributed by atoms with Crippen molar-refractivity contribution in [2.45, 2.75) is 38.3 Å². The lowest BCUT2D eigenvalue weighted by Gasteiger charge is -2.33. The van der Waals surface area contributed by atoms with Gasteiger partial charge in [0.2, 0.25) is 0 Å². The van der Waals surface area contributed by atoms with Crippen LogP contribution in [0, 0.1) is 0 Å². The van der Waals surface area contributed by atoms with E-state index >= 15 is 0 Å². The number of aromatic nitrogens is 1. The number of amides is 1. The molecule has 1 amide bonds. The zero-order valence-electron chi connectivity index (χ0n) is 12.1. The molecular formula is C16H19N3OS. The van der Waals surface area contributed by atoms with Gasteiger partial charge < -0.3 is 15.2 Å². The summed E-state index contributed by atoms with van der Waals surface area (Å²) in [6, 6.07) is 4.60. The van der Waals surface area contributed by atoms with E-state index in [2.05, 4.69) is 22.9 Å². The molecule has 0 bridgehead atoms. The number of thiophene rings is 1. The number of hydrogen-bond acceptors (Lipinski definition) is 3. The van der Waals surface area contributed by atoms with Crippen molar-refractivity contribution in [1.82, 2.24) is 9.47 Å². The standard InChI is InChI=1S/C16H19N3OS/c1-10-13-5-7-21-15(13)4-6-18(10)16(20)14-8-11(17)9-19(14)12-2-3-12/h5,7-10,12H,2-4,6,17H2,1H3. The van der Waals surface area contributed by atoms with Crippen LogP contribution in [0.3, 0.4) is 0 Å². The molecule has 2 aliphatic rings. The maximum absolute atomic E-state index is 13.0. The highest BCUT2D eigenvalue weighted by molar-refractivity contribution is 7.10. The summed E-state index contributed by atoms with van der Waals surface area (Å²) >= 11 is 1.80. The van der Waals surface area contributed by atoms with Gasteiger partial charge in [-0.2, -0.15) is 0 Å². The van der Waals surface area contributed by atoms with E-state index in [-0.39, 0.29) is 11.9 Å². The highest BCUT2D eigenvalue weighted by Crippen LogP contribution is 2.39. The molecule has 0 radical (unpaired) electrons. The summed E-state index contributed by atoms with van der Waals surface area (Å²) in [7, 11) is 0. The first-order valence-electron chi connectivity index (χ1n) is 7.49. The fourth-order valence-electron chi connectivity index (χ4n) is 3.26. The Morgan fingerprint density at radius 2 is 2.24 bits per heavy atom. The van der Waals surface area contributed by atoms with Gasteiger partial charge in [-0.25, -0.2) is 0 Å². The Bertz CT molecular complexity index is 698. The number of rotatable bonds is 2. The number of nitrogens with zero attached hydrogens (tertiary/aromatic N) is 2. The molecule has 0 spiro atoms. The smallest absolute Gasteiger partial charge is 0.271 e. The number of nitrogens with two attached hydrogens (primary N) is 1. The summed E-state index contributed by atoms with van der Waals surface area (Å²) in [5.74, 6) is 0.114. The molecule has 5 heteroatoms. The molecule has 2 aromatic rings. The first-order chi connectivity index (χ1) is 10.1. The Morgan fingerprint density at radius 1 is 1.43 bits per heavy atom. The Morgan fingerprint density at radius 3 is 3.00 bits per heavy atom. The molecule has 1 unspecified atom stereocenters. The zero-order valence-corrected chi connectivity index (χ0v) is 12.9. The van der Waals surface area contributed by atoms with Crippen LogP contribution in [0.15, 0.2) is 23.7 Å². The van der Waals surface area contributed by atoms with Crippen LogP contribution in [0.1, 0.15) is 52.8 Å². The molecule has 0 saturated heterocycles.